The summed E-state index contributed by atoms with van der Waals surface area (Å²) < 4.78 is 34.4. The number of amides is 1. The molecule has 12 N–H and O–H groups in total. The molecule has 0 radical (unpaired) electrons. The lowest BCUT2D eigenvalue weighted by Gasteiger charge is -2.48. The smallest absolute Gasteiger partial charge is 0.220 e. The second-order valence-electron chi connectivity index (χ2n) is 26.1. The van der Waals surface area contributed by atoms with E-state index in [1.807, 2.05) is 6.08 Å². The molecule has 0 bridgehead atoms. The number of ether oxygens (including phenoxy) is 6. The summed E-state index contributed by atoms with van der Waals surface area (Å²) in [6, 6.07) is -0.974. The maximum atomic E-state index is 13.4. The van der Waals surface area contributed by atoms with Crippen molar-refractivity contribution in [3.63, 3.8) is 0 Å². The van der Waals surface area contributed by atoms with Gasteiger partial charge in [-0.05, 0) is 44.9 Å². The SMILES string of the molecule is CCCCCCCCC/C=C\CCCCCCCCCC(=O)NC(COC1OC(CO)C(OC2OC(CO)C(OC3OC(CO)C(O)C(O)C3O)C(O)C2O)C(O)C1O)C(O)/C=C/CCCCCCCCCCCCCCCCCCCCCCCCCC. The first kappa shape index (κ1) is 81.5. The van der Waals surface area contributed by atoms with Gasteiger partial charge in [0.15, 0.2) is 18.9 Å². The Morgan fingerprint density at radius 3 is 1.09 bits per heavy atom. The number of carbonyl (C=O) groups is 1. The van der Waals surface area contributed by atoms with Crippen molar-refractivity contribution in [2.75, 3.05) is 26.4 Å². The molecule has 3 rings (SSSR count). The zero-order valence-electron chi connectivity index (χ0n) is 55.4. The van der Waals surface area contributed by atoms with Crippen LogP contribution in [-0.4, -0.2) is 193 Å². The van der Waals surface area contributed by atoms with Crippen molar-refractivity contribution < 1.29 is 89.4 Å². The fraction of sp³-hybridized carbons (Fsp3) is 0.929. The summed E-state index contributed by atoms with van der Waals surface area (Å²) in [5, 5.41) is 121. The van der Waals surface area contributed by atoms with Crippen molar-refractivity contribution in [1.29, 1.82) is 0 Å². The molecule has 524 valence electrons. The molecule has 17 atom stereocenters. The summed E-state index contributed by atoms with van der Waals surface area (Å²) >= 11 is 0. The Morgan fingerprint density at radius 1 is 0.393 bits per heavy atom. The van der Waals surface area contributed by atoms with Crippen molar-refractivity contribution in [2.45, 2.75) is 388 Å². The predicted molar refractivity (Wildman–Crippen MR) is 346 cm³/mol. The van der Waals surface area contributed by atoms with E-state index in [-0.39, 0.29) is 18.9 Å². The van der Waals surface area contributed by atoms with Crippen LogP contribution in [0.3, 0.4) is 0 Å². The van der Waals surface area contributed by atoms with Gasteiger partial charge < -0.3 is 89.9 Å². The van der Waals surface area contributed by atoms with Gasteiger partial charge in [-0.1, -0.05) is 256 Å². The molecule has 3 saturated heterocycles. The lowest BCUT2D eigenvalue weighted by atomic mass is 9.96. The molecule has 3 fully saturated rings. The quantitative estimate of drug-likeness (QED) is 0.0199. The normalized spacial score (nSPS) is 28.3. The zero-order chi connectivity index (χ0) is 64.7. The van der Waals surface area contributed by atoms with Crippen LogP contribution in [-0.2, 0) is 33.2 Å². The van der Waals surface area contributed by atoms with E-state index in [2.05, 4.69) is 31.3 Å². The van der Waals surface area contributed by atoms with Crippen LogP contribution in [0.15, 0.2) is 24.3 Å². The van der Waals surface area contributed by atoms with E-state index in [0.717, 1.165) is 57.8 Å². The third-order valence-electron chi connectivity index (χ3n) is 18.2. The second-order valence-corrected chi connectivity index (χ2v) is 26.1. The second kappa shape index (κ2) is 52.5. The summed E-state index contributed by atoms with van der Waals surface area (Å²) in [5.74, 6) is -0.276. The monoisotopic (exact) mass is 1270 g/mol. The van der Waals surface area contributed by atoms with Crippen LogP contribution in [0.2, 0.25) is 0 Å². The average Bonchev–Trinajstić information content (AvgIpc) is 2.47. The molecule has 3 heterocycles. The Morgan fingerprint density at radius 2 is 0.708 bits per heavy atom. The van der Waals surface area contributed by atoms with Crippen molar-refractivity contribution in [1.82, 2.24) is 5.32 Å². The van der Waals surface area contributed by atoms with Gasteiger partial charge in [0.2, 0.25) is 5.91 Å². The number of unbranched alkanes of at least 4 members (excludes halogenated alkanes) is 38. The van der Waals surface area contributed by atoms with Crippen LogP contribution >= 0.6 is 0 Å². The number of nitrogens with one attached hydrogen (secondary N) is 1. The van der Waals surface area contributed by atoms with E-state index < -0.39 is 124 Å². The average molecular weight is 1270 g/mol. The lowest BCUT2D eigenvalue weighted by Crippen LogP contribution is -2.66. The van der Waals surface area contributed by atoms with Gasteiger partial charge in [-0.2, -0.15) is 0 Å². The van der Waals surface area contributed by atoms with E-state index in [1.165, 1.54) is 199 Å². The van der Waals surface area contributed by atoms with E-state index in [4.69, 9.17) is 28.4 Å². The molecule has 3 aliphatic heterocycles. The van der Waals surface area contributed by atoms with Crippen LogP contribution in [0.5, 0.6) is 0 Å². The van der Waals surface area contributed by atoms with E-state index in [0.29, 0.717) is 6.42 Å². The van der Waals surface area contributed by atoms with E-state index >= 15 is 0 Å². The number of carbonyl (C=O) groups excluding carboxylic acids is 1. The fourth-order valence-corrected chi connectivity index (χ4v) is 12.4. The van der Waals surface area contributed by atoms with Gasteiger partial charge in [-0.15, -0.1) is 0 Å². The molecule has 89 heavy (non-hydrogen) atoms. The molecule has 3 aliphatic rings. The number of hydrogen-bond donors (Lipinski definition) is 12. The largest absolute Gasteiger partial charge is 0.394 e. The Bertz CT molecular complexity index is 1710. The van der Waals surface area contributed by atoms with Gasteiger partial charge in [0.1, 0.15) is 73.2 Å². The highest BCUT2D eigenvalue weighted by Gasteiger charge is 2.53. The molecule has 19 heteroatoms. The fourth-order valence-electron chi connectivity index (χ4n) is 12.4. The minimum absolute atomic E-state index is 0.241. The van der Waals surface area contributed by atoms with E-state index in [1.54, 1.807) is 6.08 Å². The molecule has 1 amide bonds. The highest BCUT2D eigenvalue weighted by Crippen LogP contribution is 2.33. The number of hydrogen-bond acceptors (Lipinski definition) is 18. The van der Waals surface area contributed by atoms with Crippen LogP contribution in [0.1, 0.15) is 284 Å². The Kier molecular flexibility index (Phi) is 48.1. The number of rotatable bonds is 56. The van der Waals surface area contributed by atoms with Gasteiger partial charge >= 0.3 is 0 Å². The van der Waals surface area contributed by atoms with E-state index in [9.17, 15) is 61.0 Å². The minimum Gasteiger partial charge on any atom is -0.394 e. The van der Waals surface area contributed by atoms with Crippen LogP contribution in [0, 0.1) is 0 Å². The maximum Gasteiger partial charge on any atom is 0.220 e. The molecule has 0 aliphatic carbocycles. The highest BCUT2D eigenvalue weighted by molar-refractivity contribution is 5.76. The first-order valence-electron chi connectivity index (χ1n) is 36.1. The number of aliphatic hydroxyl groups is 11. The molecule has 0 spiro atoms. The third kappa shape index (κ3) is 34.5. The van der Waals surface area contributed by atoms with Gasteiger partial charge in [-0.3, -0.25) is 4.79 Å². The Balaban J connectivity index is 1.43. The van der Waals surface area contributed by atoms with Gasteiger partial charge in [0.05, 0.1) is 38.6 Å². The summed E-state index contributed by atoms with van der Waals surface area (Å²) in [6.45, 7) is 1.76. The minimum atomic E-state index is -1.98. The number of aliphatic hydroxyl groups excluding tert-OH is 11. The van der Waals surface area contributed by atoms with Gasteiger partial charge in [0.25, 0.3) is 0 Å². The first-order chi connectivity index (χ1) is 43.3. The van der Waals surface area contributed by atoms with Crippen LogP contribution in [0.4, 0.5) is 0 Å². The number of allylic oxidation sites excluding steroid dienone is 3. The molecule has 19 nitrogen and oxygen atoms in total. The Labute approximate surface area is 537 Å². The van der Waals surface area contributed by atoms with Crippen LogP contribution < -0.4 is 5.32 Å². The van der Waals surface area contributed by atoms with Crippen molar-refractivity contribution in [3.05, 3.63) is 24.3 Å². The molecule has 0 saturated carbocycles. The molecule has 0 aromatic rings. The zero-order valence-corrected chi connectivity index (χ0v) is 55.4. The van der Waals surface area contributed by atoms with Crippen molar-refractivity contribution in [2.24, 2.45) is 0 Å². The summed E-state index contributed by atoms with van der Waals surface area (Å²) in [4.78, 5) is 13.4. The third-order valence-corrected chi connectivity index (χ3v) is 18.2. The van der Waals surface area contributed by atoms with Crippen LogP contribution in [0.25, 0.3) is 0 Å². The topological polar surface area (TPSA) is 307 Å². The van der Waals surface area contributed by atoms with Gasteiger partial charge in [-0.25, -0.2) is 0 Å². The molecule has 17 unspecified atom stereocenters. The molecular weight excluding hydrogens is 1140 g/mol. The highest BCUT2D eigenvalue weighted by atomic mass is 16.8. The summed E-state index contributed by atoms with van der Waals surface area (Å²) in [5.41, 5.74) is 0. The Hall–Kier alpha value is -1.73. The summed E-state index contributed by atoms with van der Waals surface area (Å²) in [6.07, 6.45) is 33.0. The standard InChI is InChI=1S/C70H131NO18/c1-3-5-7-9-11-13-15-17-19-21-23-24-25-26-27-28-29-30-31-33-35-37-39-41-43-45-47-54(75)53(71-58(76)48-46-44-42-40-38-36-34-32-22-20-18-16-14-12-10-8-6-4-2)52-84-68-64(82)61(79)66(56(50-73)86-68)89-70-65(83)62(80)67(57(51-74)87-70)88-69-63(81)60(78)59(77)55(49-72)85-69/h20,22,45,47,53-57,59-70,72-75,77-83H,3-19,21,23-44,46,48-52H2,1-2H3,(H,71,76)/b22-20-,47-45+. The van der Waals surface area contributed by atoms with Crippen molar-refractivity contribution in [3.8, 4) is 0 Å². The molecule has 0 aromatic carbocycles. The molecular formula is C70H131NO18. The van der Waals surface area contributed by atoms with Gasteiger partial charge in [0, 0.05) is 6.42 Å². The lowest BCUT2D eigenvalue weighted by molar-refractivity contribution is -0.379. The maximum absolute atomic E-state index is 13.4. The predicted octanol–water partition coefficient (Wildman–Crippen LogP) is 9.83. The molecule has 0 aromatic heterocycles. The van der Waals surface area contributed by atoms with Crippen molar-refractivity contribution >= 4 is 5.91 Å². The summed E-state index contributed by atoms with van der Waals surface area (Å²) in [7, 11) is 0. The first-order valence-corrected chi connectivity index (χ1v) is 36.1.